The van der Waals surface area contributed by atoms with Crippen LogP contribution in [0.2, 0.25) is 0 Å². The van der Waals surface area contributed by atoms with Crippen molar-refractivity contribution in [1.29, 1.82) is 0 Å². The van der Waals surface area contributed by atoms with Crippen LogP contribution in [0.1, 0.15) is 0 Å². The standard InChI is InChI=1S/C38H24N4O.C20H12BrN3O.C18H14BNO2/c43-38-41(28-13-5-2-6-14-28)36-24-26(19-21-30(36)37-39-32-16-8-10-18-35(32)42(37)38)25-20-22-34-31(23-25)29-15-7-9-17-33(29)40(34)27-11-3-1-4-12-27;21-13-10-11-15-18(12-13)23(14-6-2-1-3-7-14)20(25)24-17-9-5-4-8-16(17)22-19(15)24;21-19(22)13-10-11-18-16(12-13)15-8-4-5-9-17(15)20(18)14-6-2-1-3-7-14/h1-24H;1-12H;1-12,21-22H. The molecule has 428 valence electrons. The van der Waals surface area contributed by atoms with E-state index in [0.717, 1.165) is 110 Å². The first-order chi connectivity index (χ1) is 44.3. The van der Waals surface area contributed by atoms with Gasteiger partial charge < -0.3 is 19.2 Å². The summed E-state index contributed by atoms with van der Waals surface area (Å²) in [4.78, 5) is 37.2. The van der Waals surface area contributed by atoms with E-state index in [1.54, 1.807) is 24.0 Å². The van der Waals surface area contributed by atoms with E-state index in [0.29, 0.717) is 16.8 Å². The Labute approximate surface area is 521 Å². The molecule has 6 aromatic heterocycles. The molecule has 0 saturated carbocycles. The van der Waals surface area contributed by atoms with Crippen molar-refractivity contribution in [2.45, 2.75) is 0 Å². The lowest BCUT2D eigenvalue weighted by molar-refractivity contribution is 0.426. The predicted octanol–water partition coefficient (Wildman–Crippen LogP) is 15.6. The lowest BCUT2D eigenvalue weighted by Crippen LogP contribution is -2.29. The van der Waals surface area contributed by atoms with Crippen LogP contribution in [-0.2, 0) is 0 Å². The molecule has 0 aliphatic heterocycles. The van der Waals surface area contributed by atoms with Crippen LogP contribution in [0.5, 0.6) is 0 Å². The Balaban J connectivity index is 0.000000117. The quantitative estimate of drug-likeness (QED) is 0.160. The number of aromatic nitrogens is 8. The van der Waals surface area contributed by atoms with Gasteiger partial charge in [0, 0.05) is 48.2 Å². The number of hydrogen-bond acceptors (Lipinski definition) is 6. The Morgan fingerprint density at radius 2 is 0.667 bits per heavy atom. The molecule has 0 saturated heterocycles. The lowest BCUT2D eigenvalue weighted by Gasteiger charge is -2.14. The minimum atomic E-state index is -1.46. The molecule has 18 rings (SSSR count). The van der Waals surface area contributed by atoms with Crippen LogP contribution in [0.4, 0.5) is 0 Å². The molecule has 12 nitrogen and oxygen atoms in total. The molecule has 0 atom stereocenters. The Kier molecular flexibility index (Phi) is 13.2. The van der Waals surface area contributed by atoms with Crippen LogP contribution in [0, 0.1) is 0 Å². The first-order valence-corrected chi connectivity index (χ1v) is 30.3. The summed E-state index contributed by atoms with van der Waals surface area (Å²) < 4.78 is 12.4. The summed E-state index contributed by atoms with van der Waals surface area (Å²) in [6.07, 6.45) is 0. The summed E-state index contributed by atoms with van der Waals surface area (Å²) in [5, 5.41) is 25.2. The molecule has 0 amide bonds. The molecule has 6 heterocycles. The number of rotatable bonds is 6. The van der Waals surface area contributed by atoms with Gasteiger partial charge in [-0.05, 0) is 150 Å². The first-order valence-electron chi connectivity index (χ1n) is 29.5. The fraction of sp³-hybridized carbons (Fsp3) is 0. The van der Waals surface area contributed by atoms with Crippen LogP contribution < -0.4 is 16.8 Å². The molecule has 12 aromatic carbocycles. The van der Waals surface area contributed by atoms with Crippen LogP contribution in [-0.4, -0.2) is 54.2 Å². The Morgan fingerprint density at radius 1 is 0.300 bits per heavy atom. The van der Waals surface area contributed by atoms with Crippen LogP contribution >= 0.6 is 15.9 Å². The van der Waals surface area contributed by atoms with E-state index in [9.17, 15) is 19.6 Å². The van der Waals surface area contributed by atoms with Crippen molar-refractivity contribution < 1.29 is 10.0 Å². The maximum Gasteiger partial charge on any atom is 0.488 e. The van der Waals surface area contributed by atoms with E-state index in [1.165, 1.54) is 16.3 Å². The number of nitrogens with zero attached hydrogens (tertiary/aromatic N) is 8. The minimum Gasteiger partial charge on any atom is -0.423 e. The highest BCUT2D eigenvalue weighted by molar-refractivity contribution is 9.10. The molecule has 0 fully saturated rings. The zero-order valence-electron chi connectivity index (χ0n) is 48.0. The van der Waals surface area contributed by atoms with Gasteiger partial charge in [0.15, 0.2) is 11.3 Å². The molecule has 0 unspecified atom stereocenters. The molecule has 0 aliphatic rings. The molecular weight excluding hydrogens is 1180 g/mol. The van der Waals surface area contributed by atoms with Crippen molar-refractivity contribution in [1.82, 2.24) is 37.0 Å². The van der Waals surface area contributed by atoms with Crippen LogP contribution in [0.3, 0.4) is 0 Å². The van der Waals surface area contributed by atoms with Crippen molar-refractivity contribution in [3.63, 3.8) is 0 Å². The SMILES string of the molecule is O=c1n(-c2ccccc2)c2cc(-c3ccc4c(c3)c3ccccc3n4-c3ccccc3)ccc2c2nc3ccccc3n12.O=c1n(-c2ccccc2)c2cc(Br)ccc2c2nc3ccccc3n12.OB(O)c1ccc2c(c1)c1ccccc1n2-c1ccccc1. The number of fused-ring (bicyclic) bond motifs is 16. The summed E-state index contributed by atoms with van der Waals surface area (Å²) in [5.41, 5.74) is 17.0. The third kappa shape index (κ3) is 8.99. The summed E-state index contributed by atoms with van der Waals surface area (Å²) in [6.45, 7) is 0. The largest absolute Gasteiger partial charge is 0.488 e. The van der Waals surface area contributed by atoms with Gasteiger partial charge in [-0.3, -0.25) is 9.13 Å². The van der Waals surface area contributed by atoms with Gasteiger partial charge in [-0.15, -0.1) is 0 Å². The van der Waals surface area contributed by atoms with Crippen molar-refractivity contribution in [2.24, 2.45) is 0 Å². The van der Waals surface area contributed by atoms with Gasteiger partial charge in [-0.25, -0.2) is 28.4 Å². The first kappa shape index (κ1) is 54.0. The van der Waals surface area contributed by atoms with Gasteiger partial charge >= 0.3 is 18.5 Å². The van der Waals surface area contributed by atoms with Crippen LogP contribution in [0.25, 0.3) is 133 Å². The van der Waals surface area contributed by atoms with Gasteiger partial charge in [0.25, 0.3) is 0 Å². The topological polar surface area (TPSA) is 129 Å². The number of hydrogen-bond donors (Lipinski definition) is 2. The third-order valence-corrected chi connectivity index (χ3v) is 17.4. The Bertz CT molecular complexity index is 5960. The number of halogens is 1. The molecule has 0 radical (unpaired) electrons. The molecule has 2 N–H and O–H groups in total. The predicted molar refractivity (Wildman–Crippen MR) is 370 cm³/mol. The monoisotopic (exact) mass is 1230 g/mol. The second kappa shape index (κ2) is 22.1. The summed E-state index contributed by atoms with van der Waals surface area (Å²) in [6, 6.07) is 96.9. The van der Waals surface area contributed by atoms with Crippen molar-refractivity contribution in [3.8, 4) is 33.9 Å². The maximum atomic E-state index is 14.2. The van der Waals surface area contributed by atoms with Crippen molar-refractivity contribution in [2.75, 3.05) is 0 Å². The second-order valence-corrected chi connectivity index (χ2v) is 23.0. The lowest BCUT2D eigenvalue weighted by atomic mass is 9.80. The zero-order valence-corrected chi connectivity index (χ0v) is 49.5. The molecule has 18 aromatic rings. The number of imidazole rings is 2. The van der Waals surface area contributed by atoms with Gasteiger partial charge in [0.2, 0.25) is 0 Å². The maximum absolute atomic E-state index is 14.2. The molecule has 0 aliphatic carbocycles. The average molecular weight is 1230 g/mol. The molecule has 0 spiro atoms. The summed E-state index contributed by atoms with van der Waals surface area (Å²) >= 11 is 3.52. The van der Waals surface area contributed by atoms with E-state index in [4.69, 9.17) is 9.97 Å². The molecule has 90 heavy (non-hydrogen) atoms. The van der Waals surface area contributed by atoms with Gasteiger partial charge in [0.1, 0.15) is 0 Å². The molecule has 14 heteroatoms. The molecular formula is C76H50BBrN8O4. The smallest absolute Gasteiger partial charge is 0.423 e. The van der Waals surface area contributed by atoms with E-state index in [1.807, 2.05) is 176 Å². The van der Waals surface area contributed by atoms with E-state index >= 15 is 0 Å². The molecule has 0 bridgehead atoms. The number of benzene rings is 12. The number of para-hydroxylation sites is 10. The average Bonchev–Trinajstić information content (AvgIpc) is 1.61. The Hall–Kier alpha value is -11.4. The fourth-order valence-corrected chi connectivity index (χ4v) is 13.2. The van der Waals surface area contributed by atoms with E-state index in [2.05, 4.69) is 134 Å². The van der Waals surface area contributed by atoms with Crippen LogP contribution in [0.15, 0.2) is 305 Å². The minimum absolute atomic E-state index is 0.125. The summed E-state index contributed by atoms with van der Waals surface area (Å²) in [5.74, 6) is 0. The van der Waals surface area contributed by atoms with E-state index < -0.39 is 7.12 Å². The fourth-order valence-electron chi connectivity index (χ4n) is 12.8. The van der Waals surface area contributed by atoms with Crippen molar-refractivity contribution >= 4 is 127 Å². The van der Waals surface area contributed by atoms with Gasteiger partial charge in [-0.2, -0.15) is 0 Å². The highest BCUT2D eigenvalue weighted by atomic mass is 79.9. The van der Waals surface area contributed by atoms with E-state index in [-0.39, 0.29) is 11.4 Å². The summed E-state index contributed by atoms with van der Waals surface area (Å²) in [7, 11) is -1.46. The highest BCUT2D eigenvalue weighted by Gasteiger charge is 2.21. The second-order valence-electron chi connectivity index (χ2n) is 22.1. The van der Waals surface area contributed by atoms with Crippen molar-refractivity contribution in [3.05, 3.63) is 317 Å². The van der Waals surface area contributed by atoms with Gasteiger partial charge in [0.05, 0.1) is 66.5 Å². The normalized spacial score (nSPS) is 11.6. The third-order valence-electron chi connectivity index (χ3n) is 16.9. The zero-order chi connectivity index (χ0) is 60.6. The Morgan fingerprint density at radius 3 is 1.16 bits per heavy atom. The highest BCUT2D eigenvalue weighted by Crippen LogP contribution is 2.37. The van der Waals surface area contributed by atoms with Gasteiger partial charge in [-0.1, -0.05) is 174 Å².